The second-order valence-electron chi connectivity index (χ2n) is 6.99. The van der Waals surface area contributed by atoms with Gasteiger partial charge in [0, 0.05) is 11.9 Å². The number of aromatic nitrogens is 4. The summed E-state index contributed by atoms with van der Waals surface area (Å²) in [6.07, 6.45) is 4.21. The lowest BCUT2D eigenvalue weighted by atomic mass is 10.1. The smallest absolute Gasteiger partial charge is 0.234 e. The van der Waals surface area contributed by atoms with Crippen molar-refractivity contribution in [3.63, 3.8) is 0 Å². The van der Waals surface area contributed by atoms with E-state index in [0.717, 1.165) is 29.0 Å². The summed E-state index contributed by atoms with van der Waals surface area (Å²) in [6, 6.07) is 15.4. The highest BCUT2D eigenvalue weighted by molar-refractivity contribution is 7.99. The maximum atomic E-state index is 12.7. The predicted octanol–water partition coefficient (Wildman–Crippen LogP) is 4.58. The molecule has 8 heteroatoms. The van der Waals surface area contributed by atoms with Crippen molar-refractivity contribution in [3.8, 4) is 11.5 Å². The topological polar surface area (TPSA) is 85.8 Å². The SMILES string of the molecule is CCc1cccc(C)c1NC(=O)CSc1nnc(-c2ccccn2)n1Cc1ccco1. The van der Waals surface area contributed by atoms with Crippen LogP contribution in [0.3, 0.4) is 0 Å². The number of amides is 1. The second kappa shape index (κ2) is 9.61. The number of carbonyl (C=O) groups is 1. The van der Waals surface area contributed by atoms with Gasteiger partial charge in [-0.05, 0) is 48.7 Å². The average molecular weight is 434 g/mol. The zero-order valence-electron chi connectivity index (χ0n) is 17.4. The predicted molar refractivity (Wildman–Crippen MR) is 121 cm³/mol. The van der Waals surface area contributed by atoms with Gasteiger partial charge in [0.1, 0.15) is 11.5 Å². The van der Waals surface area contributed by atoms with E-state index in [4.69, 9.17) is 4.42 Å². The largest absolute Gasteiger partial charge is 0.467 e. The minimum atomic E-state index is -0.0825. The van der Waals surface area contributed by atoms with E-state index in [1.54, 1.807) is 12.5 Å². The Morgan fingerprint density at radius 3 is 2.77 bits per heavy atom. The molecule has 0 fully saturated rings. The number of benzene rings is 1. The van der Waals surface area contributed by atoms with Crippen molar-refractivity contribution in [2.24, 2.45) is 0 Å². The van der Waals surface area contributed by atoms with Gasteiger partial charge in [-0.25, -0.2) is 0 Å². The maximum Gasteiger partial charge on any atom is 0.234 e. The quantitative estimate of drug-likeness (QED) is 0.409. The van der Waals surface area contributed by atoms with Gasteiger partial charge in [-0.2, -0.15) is 0 Å². The number of para-hydroxylation sites is 1. The van der Waals surface area contributed by atoms with Gasteiger partial charge in [-0.3, -0.25) is 14.3 Å². The Kier molecular flexibility index (Phi) is 6.47. The van der Waals surface area contributed by atoms with E-state index in [9.17, 15) is 4.79 Å². The first-order valence-electron chi connectivity index (χ1n) is 10.0. The van der Waals surface area contributed by atoms with Gasteiger partial charge in [0.15, 0.2) is 11.0 Å². The molecule has 7 nitrogen and oxygen atoms in total. The highest BCUT2D eigenvalue weighted by Crippen LogP contribution is 2.25. The van der Waals surface area contributed by atoms with Crippen LogP contribution in [-0.4, -0.2) is 31.4 Å². The average Bonchev–Trinajstić information content (AvgIpc) is 3.45. The molecule has 0 spiro atoms. The molecule has 0 aliphatic rings. The van der Waals surface area contributed by atoms with Crippen molar-refractivity contribution in [2.75, 3.05) is 11.1 Å². The summed E-state index contributed by atoms with van der Waals surface area (Å²) >= 11 is 1.34. The first-order chi connectivity index (χ1) is 15.2. The van der Waals surface area contributed by atoms with Crippen molar-refractivity contribution in [1.29, 1.82) is 0 Å². The molecule has 1 amide bonds. The van der Waals surface area contributed by atoms with Crippen LogP contribution in [0, 0.1) is 6.92 Å². The fourth-order valence-corrected chi connectivity index (χ4v) is 4.03. The summed E-state index contributed by atoms with van der Waals surface area (Å²) in [5, 5.41) is 12.3. The van der Waals surface area contributed by atoms with Gasteiger partial charge in [-0.1, -0.05) is 43.0 Å². The number of thioether (sulfide) groups is 1. The number of aryl methyl sites for hydroxylation is 2. The highest BCUT2D eigenvalue weighted by Gasteiger charge is 2.18. The number of furan rings is 1. The van der Waals surface area contributed by atoms with E-state index in [1.165, 1.54) is 11.8 Å². The molecule has 0 aliphatic heterocycles. The summed E-state index contributed by atoms with van der Waals surface area (Å²) in [4.78, 5) is 17.1. The van der Waals surface area contributed by atoms with Crippen LogP contribution in [0.5, 0.6) is 0 Å². The van der Waals surface area contributed by atoms with Gasteiger partial charge in [0.2, 0.25) is 5.91 Å². The van der Waals surface area contributed by atoms with Crippen LogP contribution in [-0.2, 0) is 17.8 Å². The molecule has 0 bridgehead atoms. The van der Waals surface area contributed by atoms with E-state index in [2.05, 4.69) is 27.4 Å². The van der Waals surface area contributed by atoms with Crippen LogP contribution in [0.15, 0.2) is 70.6 Å². The first kappa shape index (κ1) is 20.9. The van der Waals surface area contributed by atoms with Crippen molar-refractivity contribution < 1.29 is 9.21 Å². The third kappa shape index (κ3) is 4.86. The van der Waals surface area contributed by atoms with E-state index < -0.39 is 0 Å². The van der Waals surface area contributed by atoms with E-state index in [1.807, 2.05) is 60.0 Å². The number of hydrogen-bond donors (Lipinski definition) is 1. The van der Waals surface area contributed by atoms with E-state index in [0.29, 0.717) is 23.2 Å². The molecule has 31 heavy (non-hydrogen) atoms. The molecule has 158 valence electrons. The first-order valence-corrected chi connectivity index (χ1v) is 11.0. The molecule has 3 aromatic heterocycles. The molecule has 0 unspecified atom stereocenters. The van der Waals surface area contributed by atoms with Crippen LogP contribution in [0.4, 0.5) is 5.69 Å². The Bertz CT molecular complexity index is 1160. The second-order valence-corrected chi connectivity index (χ2v) is 7.93. The van der Waals surface area contributed by atoms with Gasteiger partial charge < -0.3 is 9.73 Å². The van der Waals surface area contributed by atoms with Crippen molar-refractivity contribution in [2.45, 2.75) is 32.0 Å². The molecular weight excluding hydrogens is 410 g/mol. The number of hydrogen-bond acceptors (Lipinski definition) is 6. The highest BCUT2D eigenvalue weighted by atomic mass is 32.2. The molecule has 3 heterocycles. The van der Waals surface area contributed by atoms with Crippen LogP contribution in [0.1, 0.15) is 23.8 Å². The summed E-state index contributed by atoms with van der Waals surface area (Å²) in [6.45, 7) is 4.53. The molecule has 0 atom stereocenters. The Morgan fingerprint density at radius 2 is 2.03 bits per heavy atom. The molecule has 4 rings (SSSR count). The van der Waals surface area contributed by atoms with Crippen LogP contribution in [0.2, 0.25) is 0 Å². The van der Waals surface area contributed by atoms with Crippen molar-refractivity contribution >= 4 is 23.4 Å². The number of pyridine rings is 1. The normalized spacial score (nSPS) is 10.9. The van der Waals surface area contributed by atoms with Crippen LogP contribution >= 0.6 is 11.8 Å². The molecule has 1 aromatic carbocycles. The maximum absolute atomic E-state index is 12.7. The van der Waals surface area contributed by atoms with E-state index >= 15 is 0 Å². The van der Waals surface area contributed by atoms with Crippen LogP contribution < -0.4 is 5.32 Å². The standard InChI is InChI=1S/C23H23N5O2S/c1-3-17-9-6-8-16(2)21(17)25-20(29)15-31-23-27-26-22(19-11-4-5-12-24-19)28(23)14-18-10-7-13-30-18/h4-13H,3,14-15H2,1-2H3,(H,25,29). The monoisotopic (exact) mass is 433 g/mol. The molecule has 1 N–H and O–H groups in total. The molecule has 0 saturated heterocycles. The van der Waals surface area contributed by atoms with Crippen molar-refractivity contribution in [3.05, 3.63) is 77.9 Å². The van der Waals surface area contributed by atoms with Gasteiger partial charge in [0.05, 0.1) is 18.6 Å². The third-order valence-electron chi connectivity index (χ3n) is 4.84. The number of anilines is 1. The third-order valence-corrected chi connectivity index (χ3v) is 5.81. The molecular formula is C23H23N5O2S. The number of nitrogens with one attached hydrogen (secondary N) is 1. The van der Waals surface area contributed by atoms with Crippen LogP contribution in [0.25, 0.3) is 11.5 Å². The Labute approximate surface area is 184 Å². The lowest BCUT2D eigenvalue weighted by Gasteiger charge is -2.13. The summed E-state index contributed by atoms with van der Waals surface area (Å²) < 4.78 is 7.43. The van der Waals surface area contributed by atoms with Gasteiger partial charge >= 0.3 is 0 Å². The minimum absolute atomic E-state index is 0.0825. The molecule has 0 aliphatic carbocycles. The molecule has 4 aromatic rings. The summed E-state index contributed by atoms with van der Waals surface area (Å²) in [5.41, 5.74) is 3.78. The zero-order valence-corrected chi connectivity index (χ0v) is 18.2. The Hall–Kier alpha value is -3.39. The summed E-state index contributed by atoms with van der Waals surface area (Å²) in [5.74, 6) is 1.54. The number of nitrogens with zero attached hydrogens (tertiary/aromatic N) is 4. The van der Waals surface area contributed by atoms with Gasteiger partial charge in [0.25, 0.3) is 0 Å². The number of carbonyl (C=O) groups excluding carboxylic acids is 1. The minimum Gasteiger partial charge on any atom is -0.467 e. The fraction of sp³-hybridized carbons (Fsp3) is 0.217. The Balaban J connectivity index is 1.53. The lowest BCUT2D eigenvalue weighted by Crippen LogP contribution is -2.17. The summed E-state index contributed by atoms with van der Waals surface area (Å²) in [7, 11) is 0. The fourth-order valence-electron chi connectivity index (χ4n) is 3.29. The van der Waals surface area contributed by atoms with E-state index in [-0.39, 0.29) is 11.7 Å². The van der Waals surface area contributed by atoms with Crippen molar-refractivity contribution in [1.82, 2.24) is 19.7 Å². The lowest BCUT2D eigenvalue weighted by molar-refractivity contribution is -0.113. The number of rotatable bonds is 8. The zero-order chi connectivity index (χ0) is 21.6. The molecule has 0 radical (unpaired) electrons. The molecule has 0 saturated carbocycles. The van der Waals surface area contributed by atoms with Gasteiger partial charge in [-0.15, -0.1) is 10.2 Å². The Morgan fingerprint density at radius 1 is 1.13 bits per heavy atom.